The lowest BCUT2D eigenvalue weighted by atomic mass is 10.6. The molecule has 2 nitrogen and oxygen atoms in total. The molecule has 0 bridgehead atoms. The Bertz CT molecular complexity index is 98.4. The normalized spacial score (nSPS) is 5.86. The molecule has 7 heavy (non-hydrogen) atoms. The summed E-state index contributed by atoms with van der Waals surface area (Å²) in [7, 11) is 0. The first-order chi connectivity index (χ1) is 3.41. The Kier molecular flexibility index (Phi) is 4.33. The van der Waals surface area contributed by atoms with Gasteiger partial charge in [0.2, 0.25) is 6.41 Å². The van der Waals surface area contributed by atoms with Gasteiger partial charge in [-0.3, -0.25) is 4.79 Å². The maximum atomic E-state index is 9.50. The van der Waals surface area contributed by atoms with Crippen LogP contribution in [0.5, 0.6) is 0 Å². The van der Waals surface area contributed by atoms with Crippen LogP contribution < -0.4 is 5.32 Å². The summed E-state index contributed by atoms with van der Waals surface area (Å²) in [5, 5.41) is 2.40. The van der Waals surface area contributed by atoms with Crippen molar-refractivity contribution in [2.75, 3.05) is 6.54 Å². The molecule has 38 valence electrons. The van der Waals surface area contributed by atoms with Crippen molar-refractivity contribution in [1.82, 2.24) is 5.32 Å². The van der Waals surface area contributed by atoms with Crippen molar-refractivity contribution in [3.05, 3.63) is 0 Å². The third-order valence-corrected chi connectivity index (χ3v) is 0.451. The Morgan fingerprint density at radius 1 is 1.86 bits per heavy atom. The van der Waals surface area contributed by atoms with Gasteiger partial charge < -0.3 is 5.32 Å². The molecule has 0 saturated heterocycles. The Balaban J connectivity index is 2.92. The predicted octanol–water partition coefficient (Wildman–Crippen LogP) is -0.244. The van der Waals surface area contributed by atoms with Gasteiger partial charge >= 0.3 is 0 Å². The van der Waals surface area contributed by atoms with Crippen LogP contribution in [-0.4, -0.2) is 13.0 Å². The minimum absolute atomic E-state index is 0.458. The summed E-state index contributed by atoms with van der Waals surface area (Å²) in [6, 6.07) is 0. The van der Waals surface area contributed by atoms with Crippen molar-refractivity contribution in [1.29, 1.82) is 0 Å². The summed E-state index contributed by atoms with van der Waals surface area (Å²) in [6.07, 6.45) is 0.629. The highest BCUT2D eigenvalue weighted by Crippen LogP contribution is 1.47. The summed E-state index contributed by atoms with van der Waals surface area (Å²) in [6.45, 7) is 2.19. The molecule has 1 N–H and O–H groups in total. The Morgan fingerprint density at radius 3 is 3.00 bits per heavy atom. The second-order valence-corrected chi connectivity index (χ2v) is 0.926. The van der Waals surface area contributed by atoms with Crippen molar-refractivity contribution in [2.45, 2.75) is 6.92 Å². The number of rotatable bonds is 2. The molecule has 0 spiro atoms. The summed E-state index contributed by atoms with van der Waals surface area (Å²) < 4.78 is 0. The molecule has 0 aromatic carbocycles. The largest absolute Gasteiger partial charge is 0.348 e. The van der Waals surface area contributed by atoms with Crippen LogP contribution in [0, 0.1) is 11.8 Å². The zero-order valence-corrected chi connectivity index (χ0v) is 4.19. The molecule has 0 aromatic rings. The highest BCUT2D eigenvalue weighted by atomic mass is 16.1. The molecule has 0 heterocycles. The highest BCUT2D eigenvalue weighted by Gasteiger charge is 1.65. The Morgan fingerprint density at radius 2 is 2.57 bits per heavy atom. The van der Waals surface area contributed by atoms with Gasteiger partial charge in [0.15, 0.2) is 0 Å². The van der Waals surface area contributed by atoms with Crippen LogP contribution in [-0.2, 0) is 4.79 Å². The first-order valence-electron chi connectivity index (χ1n) is 1.98. The molecule has 0 rings (SSSR count). The van der Waals surface area contributed by atoms with Gasteiger partial charge in [-0.25, -0.2) is 0 Å². The van der Waals surface area contributed by atoms with Gasteiger partial charge in [-0.2, -0.15) is 0 Å². The molecule has 0 aromatic heterocycles. The number of hydrogen-bond donors (Lipinski definition) is 1. The molecule has 2 heteroatoms. The quantitative estimate of drug-likeness (QED) is 0.287. The average molecular weight is 97.1 g/mol. The molecular weight excluding hydrogens is 90.1 g/mol. The van der Waals surface area contributed by atoms with Crippen molar-refractivity contribution in [2.24, 2.45) is 0 Å². The smallest absolute Gasteiger partial charge is 0.207 e. The zero-order chi connectivity index (χ0) is 5.54. The molecule has 0 unspecified atom stereocenters. The Hall–Kier alpha value is -0.970. The monoisotopic (exact) mass is 97.1 g/mol. The van der Waals surface area contributed by atoms with E-state index < -0.39 is 0 Å². The van der Waals surface area contributed by atoms with Crippen LogP contribution in [0.15, 0.2) is 0 Å². The fourth-order valence-electron chi connectivity index (χ4n) is 0.181. The van der Waals surface area contributed by atoms with E-state index in [9.17, 15) is 4.79 Å². The van der Waals surface area contributed by atoms with E-state index in [-0.39, 0.29) is 0 Å². The summed E-state index contributed by atoms with van der Waals surface area (Å²) in [5.41, 5.74) is 0. The lowest BCUT2D eigenvalue weighted by molar-refractivity contribution is -0.109. The third-order valence-electron chi connectivity index (χ3n) is 0.451. The molecule has 0 aliphatic rings. The molecule has 0 aliphatic carbocycles. The van der Waals surface area contributed by atoms with Crippen LogP contribution in [0.2, 0.25) is 0 Å². The van der Waals surface area contributed by atoms with Gasteiger partial charge in [0.1, 0.15) is 0 Å². The molecule has 0 radical (unpaired) electrons. The fraction of sp³-hybridized carbons (Fsp3) is 0.400. The first-order valence-corrected chi connectivity index (χ1v) is 1.98. The summed E-state index contributed by atoms with van der Waals surface area (Å²) >= 11 is 0. The van der Waals surface area contributed by atoms with Crippen LogP contribution in [0.3, 0.4) is 0 Å². The van der Waals surface area contributed by atoms with E-state index in [0.29, 0.717) is 13.0 Å². The molecular formula is C5H7NO. The molecule has 0 fully saturated rings. The van der Waals surface area contributed by atoms with Gasteiger partial charge in [0, 0.05) is 0 Å². The lowest BCUT2D eigenvalue weighted by Crippen LogP contribution is -2.09. The van der Waals surface area contributed by atoms with Crippen LogP contribution in [0.25, 0.3) is 0 Å². The number of amides is 1. The van der Waals surface area contributed by atoms with Crippen LogP contribution >= 0.6 is 0 Å². The van der Waals surface area contributed by atoms with Crippen molar-refractivity contribution in [3.8, 4) is 11.8 Å². The standard InChI is InChI=1S/C5H7NO/c1-2-3-4-6-5-7/h5H,4H2,1H3,(H,6,7). The highest BCUT2D eigenvalue weighted by molar-refractivity contribution is 5.46. The first kappa shape index (κ1) is 6.03. The molecule has 0 atom stereocenters. The van der Waals surface area contributed by atoms with Gasteiger partial charge in [-0.05, 0) is 6.92 Å². The molecule has 0 aliphatic heterocycles. The lowest BCUT2D eigenvalue weighted by Gasteiger charge is -1.80. The van der Waals surface area contributed by atoms with E-state index in [4.69, 9.17) is 0 Å². The number of carbonyl (C=O) groups excluding carboxylic acids is 1. The Labute approximate surface area is 42.9 Å². The second kappa shape index (κ2) is 5.03. The predicted molar refractivity (Wildman–Crippen MR) is 27.5 cm³/mol. The molecule has 1 amide bonds. The topological polar surface area (TPSA) is 29.1 Å². The van der Waals surface area contributed by atoms with E-state index in [0.717, 1.165) is 0 Å². The van der Waals surface area contributed by atoms with E-state index in [1.54, 1.807) is 6.92 Å². The van der Waals surface area contributed by atoms with E-state index >= 15 is 0 Å². The van der Waals surface area contributed by atoms with Crippen LogP contribution in [0.4, 0.5) is 0 Å². The van der Waals surface area contributed by atoms with Crippen molar-refractivity contribution >= 4 is 6.41 Å². The van der Waals surface area contributed by atoms with Crippen molar-refractivity contribution < 1.29 is 4.79 Å². The second-order valence-electron chi connectivity index (χ2n) is 0.926. The van der Waals surface area contributed by atoms with Gasteiger partial charge in [0.05, 0.1) is 6.54 Å². The maximum Gasteiger partial charge on any atom is 0.207 e. The summed E-state index contributed by atoms with van der Waals surface area (Å²) in [5.74, 6) is 5.29. The van der Waals surface area contributed by atoms with Gasteiger partial charge in [-0.1, -0.05) is 5.92 Å². The minimum atomic E-state index is 0.458. The SMILES string of the molecule is CC#CCNC=O. The van der Waals surface area contributed by atoms with E-state index in [1.807, 2.05) is 0 Å². The number of nitrogens with one attached hydrogen (secondary N) is 1. The van der Waals surface area contributed by atoms with Crippen LogP contribution in [0.1, 0.15) is 6.92 Å². The maximum absolute atomic E-state index is 9.50. The van der Waals surface area contributed by atoms with Crippen molar-refractivity contribution in [3.63, 3.8) is 0 Å². The van der Waals surface area contributed by atoms with E-state index in [2.05, 4.69) is 17.2 Å². The molecule has 0 saturated carbocycles. The summed E-state index contributed by atoms with van der Waals surface area (Å²) in [4.78, 5) is 9.50. The van der Waals surface area contributed by atoms with Gasteiger partial charge in [0.25, 0.3) is 0 Å². The van der Waals surface area contributed by atoms with Gasteiger partial charge in [-0.15, -0.1) is 5.92 Å². The fourth-order valence-corrected chi connectivity index (χ4v) is 0.181. The third kappa shape index (κ3) is 5.03. The zero-order valence-electron chi connectivity index (χ0n) is 4.19. The average Bonchev–Trinajstić information content (AvgIpc) is 1.69. The number of carbonyl (C=O) groups is 1. The van der Waals surface area contributed by atoms with E-state index in [1.165, 1.54) is 0 Å². The number of hydrogen-bond acceptors (Lipinski definition) is 1. The minimum Gasteiger partial charge on any atom is -0.348 e.